The van der Waals surface area contributed by atoms with Gasteiger partial charge in [-0.3, -0.25) is 0 Å². The molecule has 3 aromatic heterocycles. The van der Waals surface area contributed by atoms with E-state index in [1.165, 1.54) is 93.9 Å². The highest BCUT2D eigenvalue weighted by atomic mass is 16.3. The van der Waals surface area contributed by atoms with Crippen molar-refractivity contribution < 1.29 is 8.83 Å². The van der Waals surface area contributed by atoms with Crippen LogP contribution in [0.15, 0.2) is 142 Å². The van der Waals surface area contributed by atoms with Gasteiger partial charge in [0, 0.05) is 72.3 Å². The van der Waals surface area contributed by atoms with E-state index in [1.54, 1.807) is 0 Å². The molecule has 332 valence electrons. The fourth-order valence-corrected chi connectivity index (χ4v) is 12.8. The van der Waals surface area contributed by atoms with Crippen LogP contribution >= 0.6 is 0 Å². The standard InChI is InChI=1S/C63H55BN2O2/c1-60(2,3)34-18-20-35(21-19-34)65-51-32-56-44(45-28-48-49(31-55(45)68-56)62(6,7)25-24-61(48,4)5)26-41(51)38-22-23-39-42-27-43-37-15-11-13-17-54(37)67-57(43)33-52(42)66-53-30-47-40(29-50(53)64-58(38)59(39)66)36-14-10-12-16-46(36)63(47,8)9/h10-23,26-33,64-65H,24-25H2,1-9H3. The molecule has 11 aromatic rings. The lowest BCUT2D eigenvalue weighted by atomic mass is 9.58. The Labute approximate surface area is 398 Å². The van der Waals surface area contributed by atoms with Crippen LogP contribution in [0.2, 0.25) is 0 Å². The minimum absolute atomic E-state index is 0.0552. The Morgan fingerprint density at radius 1 is 0.515 bits per heavy atom. The second-order valence-corrected chi connectivity index (χ2v) is 23.3. The highest BCUT2D eigenvalue weighted by molar-refractivity contribution is 6.73. The summed E-state index contributed by atoms with van der Waals surface area (Å²) in [7, 11) is 0.800. The summed E-state index contributed by atoms with van der Waals surface area (Å²) in [5.74, 6) is 0. The van der Waals surface area contributed by atoms with E-state index in [4.69, 9.17) is 8.83 Å². The van der Waals surface area contributed by atoms with Crippen molar-refractivity contribution in [3.63, 3.8) is 0 Å². The van der Waals surface area contributed by atoms with Gasteiger partial charge in [0.05, 0.1) is 11.2 Å². The Balaban J connectivity index is 1.06. The molecular weight excluding hydrogens is 828 g/mol. The number of nitrogens with zero attached hydrogens (tertiary/aromatic N) is 1. The molecule has 3 aliphatic rings. The molecule has 68 heavy (non-hydrogen) atoms. The summed E-state index contributed by atoms with van der Waals surface area (Å²) in [5.41, 5.74) is 24.2. The molecule has 0 unspecified atom stereocenters. The number of aromatic nitrogens is 1. The fourth-order valence-electron chi connectivity index (χ4n) is 12.8. The van der Waals surface area contributed by atoms with E-state index in [-0.39, 0.29) is 21.7 Å². The van der Waals surface area contributed by atoms with Crippen molar-refractivity contribution in [1.29, 1.82) is 0 Å². The number of para-hydroxylation sites is 1. The summed E-state index contributed by atoms with van der Waals surface area (Å²) < 4.78 is 16.2. The molecule has 0 fully saturated rings. The van der Waals surface area contributed by atoms with Crippen LogP contribution < -0.4 is 16.2 Å². The first kappa shape index (κ1) is 40.1. The Morgan fingerprint density at radius 2 is 1.19 bits per heavy atom. The summed E-state index contributed by atoms with van der Waals surface area (Å²) in [6, 6.07) is 50.5. The highest BCUT2D eigenvalue weighted by Gasteiger charge is 2.40. The summed E-state index contributed by atoms with van der Waals surface area (Å²) >= 11 is 0. The van der Waals surface area contributed by atoms with E-state index >= 15 is 0 Å². The summed E-state index contributed by atoms with van der Waals surface area (Å²) in [4.78, 5) is 0. The molecule has 0 bridgehead atoms. The van der Waals surface area contributed by atoms with Crippen LogP contribution in [0.1, 0.15) is 103 Å². The molecule has 0 atom stereocenters. The highest BCUT2D eigenvalue weighted by Crippen LogP contribution is 2.52. The molecular formula is C63H55BN2O2. The Morgan fingerprint density at radius 3 is 1.99 bits per heavy atom. The van der Waals surface area contributed by atoms with Gasteiger partial charge in [0.25, 0.3) is 0 Å². The topological polar surface area (TPSA) is 43.2 Å². The molecule has 0 radical (unpaired) electrons. The van der Waals surface area contributed by atoms with Crippen molar-refractivity contribution in [3.8, 4) is 27.9 Å². The number of rotatable bonds is 3. The summed E-state index contributed by atoms with van der Waals surface area (Å²) in [5, 5.41) is 11.1. The minimum Gasteiger partial charge on any atom is -0.456 e. The van der Waals surface area contributed by atoms with Crippen molar-refractivity contribution in [2.45, 2.75) is 96.8 Å². The number of nitrogens with one attached hydrogen (secondary N) is 1. The normalized spacial score (nSPS) is 16.4. The van der Waals surface area contributed by atoms with Crippen molar-refractivity contribution >= 4 is 95.3 Å². The van der Waals surface area contributed by atoms with Crippen molar-refractivity contribution in [2.75, 3.05) is 5.32 Å². The van der Waals surface area contributed by atoms with Gasteiger partial charge in [0.15, 0.2) is 7.28 Å². The second-order valence-electron chi connectivity index (χ2n) is 23.3. The smallest absolute Gasteiger partial charge is 0.198 e. The van der Waals surface area contributed by atoms with Gasteiger partial charge < -0.3 is 18.7 Å². The molecule has 8 aromatic carbocycles. The van der Waals surface area contributed by atoms with Crippen molar-refractivity contribution in [1.82, 2.24) is 4.57 Å². The molecule has 0 amide bonds. The molecule has 0 saturated carbocycles. The van der Waals surface area contributed by atoms with Gasteiger partial charge in [-0.2, -0.15) is 0 Å². The third-order valence-corrected chi connectivity index (χ3v) is 16.8. The first-order valence-corrected chi connectivity index (χ1v) is 24.7. The molecule has 1 N–H and O–H groups in total. The largest absolute Gasteiger partial charge is 0.456 e. The molecule has 1 aliphatic heterocycles. The van der Waals surface area contributed by atoms with Crippen LogP contribution in [0.25, 0.3) is 93.6 Å². The monoisotopic (exact) mass is 882 g/mol. The maximum atomic E-state index is 6.95. The number of hydrogen-bond acceptors (Lipinski definition) is 3. The Bertz CT molecular complexity index is 4030. The van der Waals surface area contributed by atoms with Gasteiger partial charge in [-0.05, 0) is 128 Å². The Hall–Kier alpha value is -6.98. The Kier molecular flexibility index (Phi) is 7.77. The van der Waals surface area contributed by atoms with Crippen LogP contribution in [0.5, 0.6) is 0 Å². The average Bonchev–Trinajstić information content (AvgIpc) is 4.02. The zero-order valence-electron chi connectivity index (χ0n) is 40.6. The first-order valence-electron chi connectivity index (χ1n) is 24.7. The van der Waals surface area contributed by atoms with Gasteiger partial charge in [-0.15, -0.1) is 0 Å². The maximum absolute atomic E-state index is 6.95. The third-order valence-electron chi connectivity index (χ3n) is 16.8. The van der Waals surface area contributed by atoms with Crippen LogP contribution in [-0.4, -0.2) is 11.8 Å². The predicted molar refractivity (Wildman–Crippen MR) is 288 cm³/mol. The number of fused-ring (bicyclic) bond motifs is 15. The number of furan rings is 2. The first-order chi connectivity index (χ1) is 32.5. The summed E-state index contributed by atoms with van der Waals surface area (Å²) in [6.07, 6.45) is 2.32. The second kappa shape index (κ2) is 13.2. The SMILES string of the molecule is CC(C)(C)c1ccc(Nc2cc3oc4cc5c(cc4c3cc2-c2ccc3c4cc6c(cc4n4c3c2Bc2cc3c(cc2-4)C(C)(C)c2ccccc2-3)oc2ccccc26)C(C)(C)CCC5(C)C)cc1. The summed E-state index contributed by atoms with van der Waals surface area (Å²) in [6.45, 7) is 21.2. The van der Waals surface area contributed by atoms with E-state index < -0.39 is 0 Å². The molecule has 4 nitrogen and oxygen atoms in total. The lowest BCUT2D eigenvalue weighted by molar-refractivity contribution is 0.332. The zero-order chi connectivity index (χ0) is 46.4. The maximum Gasteiger partial charge on any atom is 0.198 e. The lowest BCUT2D eigenvalue weighted by Crippen LogP contribution is -2.37. The zero-order valence-corrected chi connectivity index (χ0v) is 40.6. The van der Waals surface area contributed by atoms with E-state index in [2.05, 4.69) is 206 Å². The van der Waals surface area contributed by atoms with Gasteiger partial charge in [0.2, 0.25) is 0 Å². The molecule has 0 spiro atoms. The van der Waals surface area contributed by atoms with Crippen molar-refractivity contribution in [3.05, 3.63) is 161 Å². The van der Waals surface area contributed by atoms with E-state index in [1.807, 2.05) is 0 Å². The third kappa shape index (κ3) is 5.45. The number of anilines is 2. The van der Waals surface area contributed by atoms with Crippen molar-refractivity contribution in [2.24, 2.45) is 0 Å². The fraction of sp³-hybridized carbons (Fsp3) is 0.238. The van der Waals surface area contributed by atoms with E-state index in [0.29, 0.717) is 0 Å². The minimum atomic E-state index is -0.129. The lowest BCUT2D eigenvalue weighted by Gasteiger charge is -2.41. The van der Waals surface area contributed by atoms with Gasteiger partial charge >= 0.3 is 0 Å². The van der Waals surface area contributed by atoms with Crippen LogP contribution in [0.3, 0.4) is 0 Å². The average molecular weight is 883 g/mol. The van der Waals surface area contributed by atoms with Crippen LogP contribution in [-0.2, 0) is 21.7 Å². The van der Waals surface area contributed by atoms with Crippen LogP contribution in [0, 0.1) is 0 Å². The molecule has 2 aliphatic carbocycles. The van der Waals surface area contributed by atoms with Gasteiger partial charge in [-0.25, -0.2) is 0 Å². The predicted octanol–water partition coefficient (Wildman–Crippen LogP) is 15.6. The molecule has 4 heterocycles. The number of benzene rings is 8. The van der Waals surface area contributed by atoms with Gasteiger partial charge in [-0.1, -0.05) is 141 Å². The molecule has 5 heteroatoms. The van der Waals surface area contributed by atoms with E-state index in [9.17, 15) is 0 Å². The quantitative estimate of drug-likeness (QED) is 0.180. The van der Waals surface area contributed by atoms with Gasteiger partial charge in [0.1, 0.15) is 22.3 Å². The van der Waals surface area contributed by atoms with Crippen LogP contribution in [0.4, 0.5) is 11.4 Å². The van der Waals surface area contributed by atoms with E-state index in [0.717, 1.165) is 70.0 Å². The molecule has 0 saturated heterocycles. The molecule has 14 rings (SSSR count). The number of hydrogen-bond donors (Lipinski definition) is 1.